The Bertz CT molecular complexity index is 489. The van der Waals surface area contributed by atoms with E-state index in [1.165, 1.54) is 0 Å². The number of H-pyrrole nitrogens is 1. The fraction of sp³-hybridized carbons (Fsp3) is 0.636. The molecule has 0 radical (unpaired) electrons. The molecule has 0 amide bonds. The number of rotatable bonds is 1. The van der Waals surface area contributed by atoms with Crippen LogP contribution in [0.2, 0.25) is 0 Å². The largest absolute Gasteiger partial charge is 0.393 e. The molecule has 1 saturated carbocycles. The van der Waals surface area contributed by atoms with E-state index in [0.29, 0.717) is 12.0 Å². The summed E-state index contributed by atoms with van der Waals surface area (Å²) in [4.78, 5) is 25.1. The van der Waals surface area contributed by atoms with E-state index < -0.39 is 0 Å². The number of aliphatic hydroxyl groups excluding tert-OH is 1. The zero-order chi connectivity index (χ0) is 11.7. The van der Waals surface area contributed by atoms with Crippen molar-refractivity contribution in [2.45, 2.75) is 44.8 Å². The summed E-state index contributed by atoms with van der Waals surface area (Å²) in [5, 5.41) is 9.57. The maximum atomic E-state index is 11.6. The highest BCUT2D eigenvalue weighted by atomic mass is 16.3. The van der Waals surface area contributed by atoms with Crippen molar-refractivity contribution in [1.29, 1.82) is 0 Å². The molecule has 5 heteroatoms. The summed E-state index contributed by atoms with van der Waals surface area (Å²) in [6.45, 7) is 1.67. The third kappa shape index (κ3) is 2.09. The van der Waals surface area contributed by atoms with Gasteiger partial charge >= 0.3 is 5.69 Å². The summed E-state index contributed by atoms with van der Waals surface area (Å²) in [6.07, 6.45) is 4.43. The Labute approximate surface area is 92.7 Å². The molecule has 16 heavy (non-hydrogen) atoms. The van der Waals surface area contributed by atoms with E-state index in [2.05, 4.69) is 4.98 Å². The van der Waals surface area contributed by atoms with Crippen LogP contribution in [-0.2, 0) is 0 Å². The number of aryl methyl sites for hydroxylation is 1. The van der Waals surface area contributed by atoms with Crippen LogP contribution in [0.25, 0.3) is 0 Å². The van der Waals surface area contributed by atoms with Gasteiger partial charge in [-0.25, -0.2) is 4.79 Å². The van der Waals surface area contributed by atoms with Gasteiger partial charge in [0.2, 0.25) is 0 Å². The monoisotopic (exact) mass is 224 g/mol. The van der Waals surface area contributed by atoms with E-state index in [1.54, 1.807) is 17.7 Å². The highest BCUT2D eigenvalue weighted by Gasteiger charge is 2.22. The van der Waals surface area contributed by atoms with Gasteiger partial charge in [-0.05, 0) is 32.6 Å². The Morgan fingerprint density at radius 1 is 1.44 bits per heavy atom. The third-order valence-electron chi connectivity index (χ3n) is 3.16. The molecule has 1 aromatic rings. The highest BCUT2D eigenvalue weighted by molar-refractivity contribution is 5.02. The van der Waals surface area contributed by atoms with Crippen molar-refractivity contribution in [3.05, 3.63) is 32.6 Å². The zero-order valence-electron chi connectivity index (χ0n) is 9.27. The van der Waals surface area contributed by atoms with E-state index in [-0.39, 0.29) is 23.4 Å². The number of hydrogen-bond acceptors (Lipinski definition) is 3. The average Bonchev–Trinajstić information content (AvgIpc) is 2.23. The molecule has 0 bridgehead atoms. The minimum absolute atomic E-state index is 0.00630. The second kappa shape index (κ2) is 4.25. The van der Waals surface area contributed by atoms with Gasteiger partial charge in [0, 0.05) is 17.8 Å². The predicted octanol–water partition coefficient (Wildman–Crippen LogP) is 0.321. The van der Waals surface area contributed by atoms with Crippen molar-refractivity contribution >= 4 is 0 Å². The summed E-state index contributed by atoms with van der Waals surface area (Å²) in [6, 6.07) is 0.00630. The molecule has 2 N–H and O–H groups in total. The van der Waals surface area contributed by atoms with Gasteiger partial charge in [-0.2, -0.15) is 0 Å². The summed E-state index contributed by atoms with van der Waals surface area (Å²) in [5.41, 5.74) is -0.188. The SMILES string of the molecule is Cc1cn([C@H]2CCC[C@@H](O)C2)c(=O)[nH]c1=O. The van der Waals surface area contributed by atoms with Gasteiger partial charge in [-0.15, -0.1) is 0 Å². The van der Waals surface area contributed by atoms with Gasteiger partial charge in [0.25, 0.3) is 5.56 Å². The second-order valence-corrected chi connectivity index (χ2v) is 4.45. The van der Waals surface area contributed by atoms with Gasteiger partial charge in [-0.1, -0.05) is 0 Å². The highest BCUT2D eigenvalue weighted by Crippen LogP contribution is 2.26. The Morgan fingerprint density at radius 3 is 2.88 bits per heavy atom. The molecule has 0 spiro atoms. The maximum absolute atomic E-state index is 11.6. The number of aliphatic hydroxyl groups is 1. The number of nitrogens with zero attached hydrogens (tertiary/aromatic N) is 1. The van der Waals surface area contributed by atoms with Gasteiger partial charge in [0.1, 0.15) is 0 Å². The molecular weight excluding hydrogens is 208 g/mol. The average molecular weight is 224 g/mol. The molecule has 1 aliphatic carbocycles. The quantitative estimate of drug-likeness (QED) is 0.721. The van der Waals surface area contributed by atoms with Crippen LogP contribution in [0.4, 0.5) is 0 Å². The minimum Gasteiger partial charge on any atom is -0.393 e. The first kappa shape index (κ1) is 11.1. The van der Waals surface area contributed by atoms with E-state index in [4.69, 9.17) is 0 Å². The molecule has 1 fully saturated rings. The van der Waals surface area contributed by atoms with Crippen molar-refractivity contribution in [2.75, 3.05) is 0 Å². The molecular formula is C11H16N2O3. The Morgan fingerprint density at radius 2 is 2.19 bits per heavy atom. The van der Waals surface area contributed by atoms with E-state index in [9.17, 15) is 14.7 Å². The van der Waals surface area contributed by atoms with E-state index in [0.717, 1.165) is 19.3 Å². The van der Waals surface area contributed by atoms with Crippen LogP contribution in [0.15, 0.2) is 15.8 Å². The van der Waals surface area contributed by atoms with Crippen LogP contribution in [0.3, 0.4) is 0 Å². The zero-order valence-corrected chi connectivity index (χ0v) is 9.27. The Balaban J connectivity index is 2.36. The molecule has 88 valence electrons. The van der Waals surface area contributed by atoms with Gasteiger partial charge in [0.15, 0.2) is 0 Å². The number of aromatic nitrogens is 2. The lowest BCUT2D eigenvalue weighted by Crippen LogP contribution is -2.35. The predicted molar refractivity (Wildman–Crippen MR) is 59.6 cm³/mol. The fourth-order valence-corrected chi connectivity index (χ4v) is 2.25. The first-order valence-corrected chi connectivity index (χ1v) is 5.58. The number of aromatic amines is 1. The standard InChI is InChI=1S/C11H16N2O3/c1-7-6-13(11(16)12-10(7)15)8-3-2-4-9(14)5-8/h6,8-9,14H,2-5H2,1H3,(H,12,15,16)/t8-,9+/m0/s1. The molecule has 1 aliphatic rings. The third-order valence-corrected chi connectivity index (χ3v) is 3.16. The normalized spacial score (nSPS) is 25.6. The van der Waals surface area contributed by atoms with Gasteiger partial charge in [-0.3, -0.25) is 14.3 Å². The summed E-state index contributed by atoms with van der Waals surface area (Å²) >= 11 is 0. The lowest BCUT2D eigenvalue weighted by atomic mass is 9.93. The lowest BCUT2D eigenvalue weighted by Gasteiger charge is -2.27. The smallest absolute Gasteiger partial charge is 0.328 e. The molecule has 2 atom stereocenters. The van der Waals surface area contributed by atoms with Gasteiger partial charge in [0.05, 0.1) is 6.10 Å². The molecule has 0 aromatic carbocycles. The summed E-state index contributed by atoms with van der Waals surface area (Å²) < 4.78 is 1.54. The fourth-order valence-electron chi connectivity index (χ4n) is 2.25. The second-order valence-electron chi connectivity index (χ2n) is 4.45. The Hall–Kier alpha value is -1.36. The van der Waals surface area contributed by atoms with Crippen LogP contribution in [0, 0.1) is 6.92 Å². The van der Waals surface area contributed by atoms with Crippen molar-refractivity contribution in [2.24, 2.45) is 0 Å². The molecule has 1 aromatic heterocycles. The van der Waals surface area contributed by atoms with Crippen LogP contribution in [0.5, 0.6) is 0 Å². The van der Waals surface area contributed by atoms with Crippen molar-refractivity contribution in [3.8, 4) is 0 Å². The first-order valence-electron chi connectivity index (χ1n) is 5.58. The summed E-state index contributed by atoms with van der Waals surface area (Å²) in [7, 11) is 0. The molecule has 0 saturated heterocycles. The number of nitrogens with one attached hydrogen (secondary N) is 1. The van der Waals surface area contributed by atoms with Crippen LogP contribution in [-0.4, -0.2) is 20.8 Å². The molecule has 5 nitrogen and oxygen atoms in total. The van der Waals surface area contributed by atoms with Crippen LogP contribution < -0.4 is 11.2 Å². The van der Waals surface area contributed by atoms with E-state index in [1.807, 2.05) is 0 Å². The van der Waals surface area contributed by atoms with Crippen LogP contribution in [0.1, 0.15) is 37.3 Å². The van der Waals surface area contributed by atoms with Gasteiger partial charge < -0.3 is 5.11 Å². The maximum Gasteiger partial charge on any atom is 0.328 e. The number of hydrogen-bond donors (Lipinski definition) is 2. The molecule has 1 heterocycles. The van der Waals surface area contributed by atoms with Crippen molar-refractivity contribution in [1.82, 2.24) is 9.55 Å². The first-order chi connectivity index (χ1) is 7.58. The molecule has 0 unspecified atom stereocenters. The topological polar surface area (TPSA) is 75.1 Å². The summed E-state index contributed by atoms with van der Waals surface area (Å²) in [5.74, 6) is 0. The minimum atomic E-state index is -0.380. The van der Waals surface area contributed by atoms with E-state index >= 15 is 0 Å². The molecule has 0 aliphatic heterocycles. The van der Waals surface area contributed by atoms with Crippen molar-refractivity contribution in [3.63, 3.8) is 0 Å². The molecule has 2 rings (SSSR count). The van der Waals surface area contributed by atoms with Crippen molar-refractivity contribution < 1.29 is 5.11 Å². The lowest BCUT2D eigenvalue weighted by molar-refractivity contribution is 0.102. The van der Waals surface area contributed by atoms with Crippen LogP contribution >= 0.6 is 0 Å². The Kier molecular flexibility index (Phi) is 2.96.